The number of morpholine rings is 1. The number of nitrogens with two attached hydrogens (primary N) is 1. The van der Waals surface area contributed by atoms with Gasteiger partial charge in [0.05, 0.1) is 6.61 Å². The van der Waals surface area contributed by atoms with Crippen LogP contribution in [-0.4, -0.2) is 42.4 Å². The van der Waals surface area contributed by atoms with E-state index in [1.165, 1.54) is 5.56 Å². The summed E-state index contributed by atoms with van der Waals surface area (Å²) < 4.78 is 5.38. The van der Waals surface area contributed by atoms with Gasteiger partial charge in [-0.15, -0.1) is 0 Å². The highest BCUT2D eigenvalue weighted by molar-refractivity contribution is 5.97. The van der Waals surface area contributed by atoms with E-state index in [1.807, 2.05) is 13.8 Å². The van der Waals surface area contributed by atoms with Crippen molar-refractivity contribution in [3.05, 3.63) is 33.9 Å². The number of carbonyl (C=O) groups excluding carboxylic acids is 2. The van der Waals surface area contributed by atoms with Gasteiger partial charge < -0.3 is 10.5 Å². The van der Waals surface area contributed by atoms with E-state index in [0.29, 0.717) is 19.7 Å². The molecule has 0 radical (unpaired) electrons. The van der Waals surface area contributed by atoms with Crippen LogP contribution in [0.3, 0.4) is 0 Å². The summed E-state index contributed by atoms with van der Waals surface area (Å²) in [5.74, 6) is -0.334. The lowest BCUT2D eigenvalue weighted by Gasteiger charge is -2.32. The highest BCUT2D eigenvalue weighted by Crippen LogP contribution is 2.24. The summed E-state index contributed by atoms with van der Waals surface area (Å²) in [6.45, 7) is 10.1. The predicted octanol–water partition coefficient (Wildman–Crippen LogP) is 1.50. The number of hydrogen-bond donors (Lipinski definition) is 1. The third kappa shape index (κ3) is 3.36. The van der Waals surface area contributed by atoms with E-state index in [1.54, 1.807) is 6.92 Å². The number of hydrogen-bond acceptors (Lipinski definition) is 4. The van der Waals surface area contributed by atoms with Crippen LogP contribution in [0.15, 0.2) is 6.07 Å². The van der Waals surface area contributed by atoms with Crippen molar-refractivity contribution in [2.75, 3.05) is 19.7 Å². The standard InChI is InChI=1S/C17H24N2O3/c1-10-7-11(2)16(13(4)20)12(3)14(10)8-19-5-6-22-15(9-19)17(18)21/h7,15H,5-6,8-9H2,1-4H3,(H2,18,21)/t15-/m0/s1. The molecule has 1 fully saturated rings. The van der Waals surface area contributed by atoms with Crippen LogP contribution < -0.4 is 5.73 Å². The maximum Gasteiger partial charge on any atom is 0.247 e. The van der Waals surface area contributed by atoms with Crippen molar-refractivity contribution in [2.45, 2.75) is 40.3 Å². The second-order valence-corrected chi connectivity index (χ2v) is 6.04. The number of amides is 1. The maximum atomic E-state index is 11.9. The molecule has 1 aliphatic heterocycles. The molecule has 1 saturated heterocycles. The molecule has 0 bridgehead atoms. The van der Waals surface area contributed by atoms with Crippen LogP contribution in [0.5, 0.6) is 0 Å². The van der Waals surface area contributed by atoms with Crippen LogP contribution in [0.2, 0.25) is 0 Å². The summed E-state index contributed by atoms with van der Waals surface area (Å²) in [5.41, 5.74) is 10.5. The maximum absolute atomic E-state index is 11.9. The minimum atomic E-state index is -0.549. The molecule has 0 spiro atoms. The van der Waals surface area contributed by atoms with E-state index >= 15 is 0 Å². The van der Waals surface area contributed by atoms with Crippen molar-refractivity contribution in [3.8, 4) is 0 Å². The first-order chi connectivity index (χ1) is 10.3. The van der Waals surface area contributed by atoms with Gasteiger partial charge in [0.15, 0.2) is 5.78 Å². The Hall–Kier alpha value is -1.72. The number of primary amides is 1. The van der Waals surface area contributed by atoms with E-state index < -0.39 is 12.0 Å². The monoisotopic (exact) mass is 304 g/mol. The van der Waals surface area contributed by atoms with Crippen LogP contribution in [-0.2, 0) is 16.1 Å². The average Bonchev–Trinajstić information content (AvgIpc) is 2.43. The molecule has 1 aromatic carbocycles. The van der Waals surface area contributed by atoms with E-state index in [-0.39, 0.29) is 5.78 Å². The Balaban J connectivity index is 2.28. The molecule has 1 atom stereocenters. The van der Waals surface area contributed by atoms with Gasteiger partial charge in [-0.1, -0.05) is 6.07 Å². The second-order valence-electron chi connectivity index (χ2n) is 6.04. The van der Waals surface area contributed by atoms with Gasteiger partial charge in [-0.3, -0.25) is 14.5 Å². The third-order valence-electron chi connectivity index (χ3n) is 4.33. The van der Waals surface area contributed by atoms with Crippen LogP contribution in [0.1, 0.15) is 39.5 Å². The minimum Gasteiger partial charge on any atom is -0.367 e. The largest absolute Gasteiger partial charge is 0.367 e. The Morgan fingerprint density at radius 3 is 2.59 bits per heavy atom. The molecule has 1 amide bonds. The molecule has 5 nitrogen and oxygen atoms in total. The van der Waals surface area contributed by atoms with Crippen molar-refractivity contribution in [2.24, 2.45) is 5.73 Å². The molecule has 0 aliphatic carbocycles. The van der Waals surface area contributed by atoms with Gasteiger partial charge in [-0.05, 0) is 49.9 Å². The van der Waals surface area contributed by atoms with E-state index in [9.17, 15) is 9.59 Å². The molecule has 120 valence electrons. The molecule has 0 saturated carbocycles. The summed E-state index contributed by atoms with van der Waals surface area (Å²) in [7, 11) is 0. The molecule has 2 rings (SSSR count). The van der Waals surface area contributed by atoms with Crippen LogP contribution in [0.25, 0.3) is 0 Å². The molecule has 2 N–H and O–H groups in total. The van der Waals surface area contributed by atoms with E-state index in [4.69, 9.17) is 10.5 Å². The smallest absolute Gasteiger partial charge is 0.247 e. The van der Waals surface area contributed by atoms with Crippen molar-refractivity contribution in [3.63, 3.8) is 0 Å². The summed E-state index contributed by atoms with van der Waals surface area (Å²) >= 11 is 0. The van der Waals surface area contributed by atoms with E-state index in [2.05, 4.69) is 17.9 Å². The first kappa shape index (κ1) is 16.6. The zero-order chi connectivity index (χ0) is 16.4. The topological polar surface area (TPSA) is 72.6 Å². The zero-order valence-corrected chi connectivity index (χ0v) is 13.7. The number of carbonyl (C=O) groups is 2. The minimum absolute atomic E-state index is 0.0910. The van der Waals surface area contributed by atoms with Crippen molar-refractivity contribution >= 4 is 11.7 Å². The van der Waals surface area contributed by atoms with Crippen LogP contribution in [0, 0.1) is 20.8 Å². The van der Waals surface area contributed by atoms with E-state index in [0.717, 1.165) is 28.8 Å². The Morgan fingerprint density at radius 1 is 1.32 bits per heavy atom. The molecule has 22 heavy (non-hydrogen) atoms. The highest BCUT2D eigenvalue weighted by Gasteiger charge is 2.26. The third-order valence-corrected chi connectivity index (χ3v) is 4.33. The fourth-order valence-electron chi connectivity index (χ4n) is 3.25. The van der Waals surface area contributed by atoms with Gasteiger partial charge in [-0.25, -0.2) is 0 Å². The quantitative estimate of drug-likeness (QED) is 0.856. The summed E-state index contributed by atoms with van der Waals surface area (Å²) in [4.78, 5) is 25.3. The summed E-state index contributed by atoms with van der Waals surface area (Å²) in [6.07, 6.45) is -0.549. The van der Waals surface area contributed by atoms with Crippen molar-refractivity contribution in [1.82, 2.24) is 4.90 Å². The lowest BCUT2D eigenvalue weighted by atomic mass is 9.91. The second kappa shape index (κ2) is 6.58. The molecular weight excluding hydrogens is 280 g/mol. The Bertz CT molecular complexity index is 610. The number of benzene rings is 1. The molecule has 0 unspecified atom stereocenters. The predicted molar refractivity (Wildman–Crippen MR) is 84.9 cm³/mol. The first-order valence-electron chi connectivity index (χ1n) is 7.55. The molecule has 1 aliphatic rings. The van der Waals surface area contributed by atoms with Crippen LogP contribution >= 0.6 is 0 Å². The molecule has 1 aromatic rings. The van der Waals surface area contributed by atoms with Gasteiger partial charge in [0.2, 0.25) is 5.91 Å². The molecule has 1 heterocycles. The molecule has 5 heteroatoms. The fourth-order valence-corrected chi connectivity index (χ4v) is 3.25. The van der Waals surface area contributed by atoms with Crippen LogP contribution in [0.4, 0.5) is 0 Å². The number of ether oxygens (including phenoxy) is 1. The number of nitrogens with zero attached hydrogens (tertiary/aromatic N) is 1. The number of aryl methyl sites for hydroxylation is 2. The van der Waals surface area contributed by atoms with Gasteiger partial charge in [0.25, 0.3) is 0 Å². The average molecular weight is 304 g/mol. The number of Topliss-reactive ketones (excluding diaryl/α,β-unsaturated/α-hetero) is 1. The van der Waals surface area contributed by atoms with Gasteiger partial charge in [0, 0.05) is 25.2 Å². The lowest BCUT2D eigenvalue weighted by Crippen LogP contribution is -2.48. The van der Waals surface area contributed by atoms with Crippen molar-refractivity contribution in [1.29, 1.82) is 0 Å². The Kier molecular flexibility index (Phi) is 4.98. The Morgan fingerprint density at radius 2 is 2.00 bits per heavy atom. The van der Waals surface area contributed by atoms with Gasteiger partial charge >= 0.3 is 0 Å². The number of ketones is 1. The summed E-state index contributed by atoms with van der Waals surface area (Å²) in [6, 6.07) is 2.06. The normalized spacial score (nSPS) is 19.2. The molecular formula is C17H24N2O3. The van der Waals surface area contributed by atoms with Gasteiger partial charge in [0.1, 0.15) is 6.10 Å². The fraction of sp³-hybridized carbons (Fsp3) is 0.529. The SMILES string of the molecule is CC(=O)c1c(C)cc(C)c(CN2CCO[C@H](C(N)=O)C2)c1C. The zero-order valence-electron chi connectivity index (χ0n) is 13.7. The first-order valence-corrected chi connectivity index (χ1v) is 7.55. The number of rotatable bonds is 4. The molecule has 0 aromatic heterocycles. The highest BCUT2D eigenvalue weighted by atomic mass is 16.5. The lowest BCUT2D eigenvalue weighted by molar-refractivity contribution is -0.135. The van der Waals surface area contributed by atoms with Gasteiger partial charge in [-0.2, -0.15) is 0 Å². The Labute approximate surface area is 131 Å². The van der Waals surface area contributed by atoms with Crippen molar-refractivity contribution < 1.29 is 14.3 Å². The summed E-state index contributed by atoms with van der Waals surface area (Å²) in [5, 5.41) is 0.